The minimum atomic E-state index is -0.852. The molecule has 3 heteroatoms. The van der Waals surface area contributed by atoms with Crippen LogP contribution in [-0.2, 0) is 4.79 Å². The maximum Gasteiger partial charge on any atom is 0.320 e. The number of carboxylic acids is 1. The zero-order valence-corrected chi connectivity index (χ0v) is 6.79. The first kappa shape index (κ1) is 9.99. The van der Waals surface area contributed by atoms with E-state index < -0.39 is 12.0 Å². The van der Waals surface area contributed by atoms with E-state index >= 15 is 0 Å². The van der Waals surface area contributed by atoms with Crippen LogP contribution in [-0.4, -0.2) is 23.7 Å². The highest BCUT2D eigenvalue weighted by atomic mass is 16.4. The van der Waals surface area contributed by atoms with Gasteiger partial charge >= 0.3 is 5.97 Å². The zero-order valence-electron chi connectivity index (χ0n) is 6.79. The van der Waals surface area contributed by atoms with Gasteiger partial charge in [0, 0.05) is 0 Å². The predicted molar refractivity (Wildman–Crippen MR) is 43.1 cm³/mol. The van der Waals surface area contributed by atoms with Crippen molar-refractivity contribution in [2.75, 3.05) is 6.54 Å². The van der Waals surface area contributed by atoms with Crippen LogP contribution in [0.5, 0.6) is 0 Å². The highest BCUT2D eigenvalue weighted by Crippen LogP contribution is 2.00. The highest BCUT2D eigenvalue weighted by Gasteiger charge is 2.19. The van der Waals surface area contributed by atoms with Crippen LogP contribution in [0.4, 0.5) is 0 Å². The van der Waals surface area contributed by atoms with Gasteiger partial charge in [0.05, 0.1) is 6.54 Å². The van der Waals surface area contributed by atoms with Gasteiger partial charge in [0.25, 0.3) is 0 Å². The number of hydrogen-bond acceptors (Lipinski definition) is 2. The van der Waals surface area contributed by atoms with E-state index in [1.165, 1.54) is 0 Å². The molecule has 0 bridgehead atoms. The third kappa shape index (κ3) is 3.64. The van der Waals surface area contributed by atoms with Crippen molar-refractivity contribution in [3.63, 3.8) is 0 Å². The number of terminal acetylenes is 1. The van der Waals surface area contributed by atoms with Crippen LogP contribution in [0.25, 0.3) is 0 Å². The second kappa shape index (κ2) is 4.75. The van der Waals surface area contributed by atoms with E-state index in [1.54, 1.807) is 0 Å². The molecule has 0 aromatic rings. The molecule has 0 saturated carbocycles. The lowest BCUT2D eigenvalue weighted by molar-refractivity contribution is -0.140. The molecular formula is C8H13NO2. The molecule has 0 aliphatic rings. The number of rotatable bonds is 4. The van der Waals surface area contributed by atoms with Gasteiger partial charge in [-0.1, -0.05) is 19.8 Å². The molecule has 0 rings (SSSR count). The minimum absolute atomic E-state index is 0.0563. The Labute approximate surface area is 66.8 Å². The first-order valence-electron chi connectivity index (χ1n) is 3.49. The maximum atomic E-state index is 10.5. The van der Waals surface area contributed by atoms with Gasteiger partial charge in [0.1, 0.15) is 6.04 Å². The molecule has 11 heavy (non-hydrogen) atoms. The topological polar surface area (TPSA) is 49.3 Å². The Morgan fingerprint density at radius 3 is 2.55 bits per heavy atom. The summed E-state index contributed by atoms with van der Waals surface area (Å²) in [4.78, 5) is 10.5. The van der Waals surface area contributed by atoms with Gasteiger partial charge in [0.15, 0.2) is 0 Å². The minimum Gasteiger partial charge on any atom is -0.480 e. The molecule has 0 aliphatic heterocycles. The molecule has 0 heterocycles. The summed E-state index contributed by atoms with van der Waals surface area (Å²) in [5.74, 6) is 1.54. The average Bonchev–Trinajstić information content (AvgIpc) is 1.87. The molecule has 2 N–H and O–H groups in total. The summed E-state index contributed by atoms with van der Waals surface area (Å²) < 4.78 is 0. The number of hydrogen-bond donors (Lipinski definition) is 2. The highest BCUT2D eigenvalue weighted by molar-refractivity contribution is 5.73. The van der Waals surface area contributed by atoms with Crippen LogP contribution in [0.1, 0.15) is 13.8 Å². The van der Waals surface area contributed by atoms with Gasteiger partial charge < -0.3 is 5.11 Å². The van der Waals surface area contributed by atoms with Gasteiger partial charge in [-0.05, 0) is 5.92 Å². The van der Waals surface area contributed by atoms with E-state index in [2.05, 4.69) is 11.2 Å². The van der Waals surface area contributed by atoms with Crippen molar-refractivity contribution < 1.29 is 9.90 Å². The average molecular weight is 155 g/mol. The summed E-state index contributed by atoms with van der Waals surface area (Å²) in [6.45, 7) is 3.97. The molecule has 0 aromatic heterocycles. The monoisotopic (exact) mass is 155 g/mol. The Morgan fingerprint density at radius 1 is 1.73 bits per heavy atom. The third-order valence-corrected chi connectivity index (χ3v) is 1.36. The van der Waals surface area contributed by atoms with Crippen molar-refractivity contribution in [2.45, 2.75) is 19.9 Å². The van der Waals surface area contributed by atoms with E-state index in [9.17, 15) is 4.79 Å². The first-order chi connectivity index (χ1) is 5.09. The number of carbonyl (C=O) groups is 1. The van der Waals surface area contributed by atoms with Crippen molar-refractivity contribution in [1.29, 1.82) is 0 Å². The fourth-order valence-corrected chi connectivity index (χ4v) is 0.777. The van der Waals surface area contributed by atoms with E-state index in [0.29, 0.717) is 6.54 Å². The smallest absolute Gasteiger partial charge is 0.320 e. The SMILES string of the molecule is C#CCNC(C(=O)O)C(C)C. The second-order valence-electron chi connectivity index (χ2n) is 2.64. The molecule has 0 aromatic carbocycles. The zero-order chi connectivity index (χ0) is 8.85. The van der Waals surface area contributed by atoms with Crippen LogP contribution in [0.15, 0.2) is 0 Å². The Bertz CT molecular complexity index is 169. The molecule has 1 atom stereocenters. The van der Waals surface area contributed by atoms with Crippen molar-refractivity contribution in [3.8, 4) is 12.3 Å². The second-order valence-corrected chi connectivity index (χ2v) is 2.64. The van der Waals surface area contributed by atoms with Crippen molar-refractivity contribution in [2.24, 2.45) is 5.92 Å². The van der Waals surface area contributed by atoms with Crippen LogP contribution >= 0.6 is 0 Å². The van der Waals surface area contributed by atoms with Gasteiger partial charge in [-0.15, -0.1) is 6.42 Å². The standard InChI is InChI=1S/C8H13NO2/c1-4-5-9-7(6(2)3)8(10)11/h1,6-7,9H,5H2,2-3H3,(H,10,11). The van der Waals surface area contributed by atoms with E-state index in [-0.39, 0.29) is 5.92 Å². The molecule has 0 amide bonds. The van der Waals surface area contributed by atoms with Crippen molar-refractivity contribution in [3.05, 3.63) is 0 Å². The summed E-state index contributed by atoms with van der Waals surface area (Å²) in [6, 6.07) is -0.536. The number of carboxylic acid groups (broad SMARTS) is 1. The fourth-order valence-electron chi connectivity index (χ4n) is 0.777. The molecule has 0 spiro atoms. The van der Waals surface area contributed by atoms with Crippen LogP contribution < -0.4 is 5.32 Å². The van der Waals surface area contributed by atoms with Gasteiger partial charge in [-0.25, -0.2) is 0 Å². The molecule has 0 fully saturated rings. The largest absolute Gasteiger partial charge is 0.480 e. The molecule has 0 saturated heterocycles. The molecule has 3 nitrogen and oxygen atoms in total. The Balaban J connectivity index is 3.92. The number of nitrogens with one attached hydrogen (secondary N) is 1. The summed E-state index contributed by atoms with van der Waals surface area (Å²) >= 11 is 0. The fraction of sp³-hybridized carbons (Fsp3) is 0.625. The normalized spacial score (nSPS) is 12.5. The quantitative estimate of drug-likeness (QED) is 0.575. The Hall–Kier alpha value is -1.01. The first-order valence-corrected chi connectivity index (χ1v) is 3.49. The number of aliphatic carboxylic acids is 1. The molecule has 62 valence electrons. The van der Waals surface area contributed by atoms with Gasteiger partial charge in [0.2, 0.25) is 0 Å². The molecular weight excluding hydrogens is 142 g/mol. The summed E-state index contributed by atoms with van der Waals surface area (Å²) in [5, 5.41) is 11.4. The lowest BCUT2D eigenvalue weighted by Gasteiger charge is -2.15. The Kier molecular flexibility index (Phi) is 4.32. The summed E-state index contributed by atoms with van der Waals surface area (Å²) in [6.07, 6.45) is 4.97. The lowest BCUT2D eigenvalue weighted by atomic mass is 10.1. The van der Waals surface area contributed by atoms with Gasteiger partial charge in [-0.3, -0.25) is 10.1 Å². The maximum absolute atomic E-state index is 10.5. The van der Waals surface area contributed by atoms with Crippen LogP contribution in [0.3, 0.4) is 0 Å². The predicted octanol–water partition coefficient (Wildman–Crippen LogP) is 0.318. The van der Waals surface area contributed by atoms with Gasteiger partial charge in [-0.2, -0.15) is 0 Å². The molecule has 0 radical (unpaired) electrons. The van der Waals surface area contributed by atoms with E-state index in [0.717, 1.165) is 0 Å². The van der Waals surface area contributed by atoms with E-state index in [1.807, 2.05) is 13.8 Å². The molecule has 1 unspecified atom stereocenters. The molecule has 0 aliphatic carbocycles. The summed E-state index contributed by atoms with van der Waals surface area (Å²) in [5.41, 5.74) is 0. The summed E-state index contributed by atoms with van der Waals surface area (Å²) in [7, 11) is 0. The van der Waals surface area contributed by atoms with Crippen LogP contribution in [0, 0.1) is 18.3 Å². The Morgan fingerprint density at radius 2 is 2.27 bits per heavy atom. The van der Waals surface area contributed by atoms with Crippen LogP contribution in [0.2, 0.25) is 0 Å². The van der Waals surface area contributed by atoms with Crippen molar-refractivity contribution >= 4 is 5.97 Å². The third-order valence-electron chi connectivity index (χ3n) is 1.36. The lowest BCUT2D eigenvalue weighted by Crippen LogP contribution is -2.40. The van der Waals surface area contributed by atoms with E-state index in [4.69, 9.17) is 11.5 Å². The van der Waals surface area contributed by atoms with Crippen molar-refractivity contribution in [1.82, 2.24) is 5.32 Å².